The van der Waals surface area contributed by atoms with Crippen molar-refractivity contribution in [2.75, 3.05) is 13.1 Å². The molecule has 1 amide bonds. The normalized spacial score (nSPS) is 14.8. The molecule has 3 rings (SSSR count). The number of nitrogens with zero attached hydrogens (tertiary/aromatic N) is 3. The number of hydrogen-bond acceptors (Lipinski definition) is 4. The summed E-state index contributed by atoms with van der Waals surface area (Å²) in [6.45, 7) is 1.19. The molecule has 19 heavy (non-hydrogen) atoms. The Balaban J connectivity index is 1.54. The number of aromatic nitrogens is 2. The number of rotatable bonds is 3. The van der Waals surface area contributed by atoms with E-state index in [-0.39, 0.29) is 12.0 Å². The van der Waals surface area contributed by atoms with E-state index < -0.39 is 0 Å². The fourth-order valence-electron chi connectivity index (χ4n) is 1.94. The van der Waals surface area contributed by atoms with Crippen molar-refractivity contribution in [2.24, 2.45) is 0 Å². The Morgan fingerprint density at radius 3 is 2.63 bits per heavy atom. The van der Waals surface area contributed by atoms with Gasteiger partial charge in [-0.3, -0.25) is 9.78 Å². The molecule has 2 aromatic rings. The maximum atomic E-state index is 12.1. The van der Waals surface area contributed by atoms with Crippen molar-refractivity contribution in [3.8, 4) is 5.88 Å². The number of likely N-dealkylation sites (tertiary alicyclic amines) is 1. The highest BCUT2D eigenvalue weighted by molar-refractivity contribution is 5.94. The number of hydrogen-bond donors (Lipinski definition) is 0. The van der Waals surface area contributed by atoms with E-state index in [9.17, 15) is 4.79 Å². The SMILES string of the molecule is O=C(c1ccncc1)N1CC(Oc2ccccn2)C1. The first-order valence-electron chi connectivity index (χ1n) is 6.10. The van der Waals surface area contributed by atoms with E-state index in [1.807, 2.05) is 18.2 Å². The van der Waals surface area contributed by atoms with Crippen LogP contribution in [0.15, 0.2) is 48.9 Å². The van der Waals surface area contributed by atoms with Crippen molar-refractivity contribution in [2.45, 2.75) is 6.10 Å². The average Bonchev–Trinajstić information content (AvgIpc) is 2.44. The standard InChI is InChI=1S/C14H13N3O2/c18-14(11-4-7-15-8-5-11)17-9-12(10-17)19-13-3-1-2-6-16-13/h1-8,12H,9-10H2. The molecule has 3 heterocycles. The molecule has 0 radical (unpaired) electrons. The minimum atomic E-state index is 0.0169. The summed E-state index contributed by atoms with van der Waals surface area (Å²) in [5.74, 6) is 0.617. The second-order valence-electron chi connectivity index (χ2n) is 4.35. The van der Waals surface area contributed by atoms with E-state index in [1.165, 1.54) is 0 Å². The Morgan fingerprint density at radius 2 is 1.95 bits per heavy atom. The van der Waals surface area contributed by atoms with Crippen LogP contribution in [0.1, 0.15) is 10.4 Å². The fraction of sp³-hybridized carbons (Fsp3) is 0.214. The molecule has 0 aromatic carbocycles. The van der Waals surface area contributed by atoms with Crippen LogP contribution >= 0.6 is 0 Å². The fourth-order valence-corrected chi connectivity index (χ4v) is 1.94. The van der Waals surface area contributed by atoms with Crippen molar-refractivity contribution in [1.29, 1.82) is 0 Å². The summed E-state index contributed by atoms with van der Waals surface area (Å²) in [6, 6.07) is 8.96. The molecule has 2 aromatic heterocycles. The van der Waals surface area contributed by atoms with Crippen LogP contribution in [-0.4, -0.2) is 40.0 Å². The summed E-state index contributed by atoms with van der Waals surface area (Å²) in [5, 5.41) is 0. The summed E-state index contributed by atoms with van der Waals surface area (Å²) in [4.78, 5) is 21.8. The molecule has 5 heteroatoms. The minimum absolute atomic E-state index is 0.0169. The number of carbonyl (C=O) groups excluding carboxylic acids is 1. The van der Waals surface area contributed by atoms with Crippen molar-refractivity contribution >= 4 is 5.91 Å². The van der Waals surface area contributed by atoms with Crippen LogP contribution in [0.4, 0.5) is 0 Å². The van der Waals surface area contributed by atoms with Crippen LogP contribution in [0.5, 0.6) is 5.88 Å². The highest BCUT2D eigenvalue weighted by Gasteiger charge is 2.32. The first kappa shape index (κ1) is 11.6. The van der Waals surface area contributed by atoms with Crippen LogP contribution < -0.4 is 4.74 Å². The van der Waals surface area contributed by atoms with Crippen molar-refractivity contribution in [3.63, 3.8) is 0 Å². The molecule has 0 spiro atoms. The molecule has 0 aliphatic carbocycles. The lowest BCUT2D eigenvalue weighted by Crippen LogP contribution is -2.56. The molecule has 0 saturated carbocycles. The number of pyridine rings is 2. The quantitative estimate of drug-likeness (QED) is 0.831. The third-order valence-corrected chi connectivity index (χ3v) is 2.99. The van der Waals surface area contributed by atoms with E-state index in [2.05, 4.69) is 9.97 Å². The van der Waals surface area contributed by atoms with Gasteiger partial charge in [-0.15, -0.1) is 0 Å². The van der Waals surface area contributed by atoms with E-state index in [0.717, 1.165) is 0 Å². The topological polar surface area (TPSA) is 55.3 Å². The Hall–Kier alpha value is -2.43. The van der Waals surface area contributed by atoms with Gasteiger partial charge in [-0.05, 0) is 18.2 Å². The molecular weight excluding hydrogens is 242 g/mol. The summed E-state index contributed by atoms with van der Waals surface area (Å²) in [5.41, 5.74) is 0.659. The van der Waals surface area contributed by atoms with Gasteiger partial charge in [0.25, 0.3) is 5.91 Å². The molecule has 1 aliphatic rings. The van der Waals surface area contributed by atoms with Crippen LogP contribution in [0, 0.1) is 0 Å². The molecule has 96 valence electrons. The van der Waals surface area contributed by atoms with Crippen molar-refractivity contribution < 1.29 is 9.53 Å². The van der Waals surface area contributed by atoms with Crippen molar-refractivity contribution in [1.82, 2.24) is 14.9 Å². The van der Waals surface area contributed by atoms with Crippen LogP contribution in [0.25, 0.3) is 0 Å². The van der Waals surface area contributed by atoms with Gasteiger partial charge in [-0.1, -0.05) is 6.07 Å². The van der Waals surface area contributed by atoms with E-state index >= 15 is 0 Å². The molecular formula is C14H13N3O2. The Labute approximate surface area is 110 Å². The Morgan fingerprint density at radius 1 is 1.16 bits per heavy atom. The minimum Gasteiger partial charge on any atom is -0.471 e. The maximum Gasteiger partial charge on any atom is 0.254 e. The molecule has 1 saturated heterocycles. The first-order chi connectivity index (χ1) is 9.33. The second-order valence-corrected chi connectivity index (χ2v) is 4.35. The maximum absolute atomic E-state index is 12.1. The Bertz CT molecular complexity index is 553. The molecule has 1 aliphatic heterocycles. The Kier molecular flexibility index (Phi) is 3.10. The number of carbonyl (C=O) groups is 1. The summed E-state index contributed by atoms with van der Waals surface area (Å²) in [6.07, 6.45) is 4.96. The van der Waals surface area contributed by atoms with Crippen LogP contribution in [0.3, 0.4) is 0 Å². The molecule has 0 unspecified atom stereocenters. The van der Waals surface area contributed by atoms with E-state index in [1.54, 1.807) is 35.6 Å². The summed E-state index contributed by atoms with van der Waals surface area (Å²) < 4.78 is 5.65. The lowest BCUT2D eigenvalue weighted by molar-refractivity contribution is 0.0160. The predicted molar refractivity (Wildman–Crippen MR) is 68.8 cm³/mol. The number of amides is 1. The number of ether oxygens (including phenoxy) is 1. The van der Waals surface area contributed by atoms with Gasteiger partial charge < -0.3 is 9.64 Å². The van der Waals surface area contributed by atoms with E-state index in [4.69, 9.17) is 4.74 Å². The third kappa shape index (κ3) is 2.54. The van der Waals surface area contributed by atoms with Gasteiger partial charge in [0.1, 0.15) is 6.10 Å². The lowest BCUT2D eigenvalue weighted by atomic mass is 10.1. The average molecular weight is 255 g/mol. The highest BCUT2D eigenvalue weighted by Crippen LogP contribution is 2.17. The third-order valence-electron chi connectivity index (χ3n) is 2.99. The van der Waals surface area contributed by atoms with Gasteiger partial charge in [-0.25, -0.2) is 4.98 Å². The largest absolute Gasteiger partial charge is 0.471 e. The van der Waals surface area contributed by atoms with Gasteiger partial charge in [-0.2, -0.15) is 0 Å². The summed E-state index contributed by atoms with van der Waals surface area (Å²) in [7, 11) is 0. The smallest absolute Gasteiger partial charge is 0.254 e. The molecule has 0 atom stereocenters. The molecule has 1 fully saturated rings. The lowest BCUT2D eigenvalue weighted by Gasteiger charge is -2.38. The zero-order chi connectivity index (χ0) is 13.1. The molecule has 5 nitrogen and oxygen atoms in total. The zero-order valence-electron chi connectivity index (χ0n) is 10.3. The van der Waals surface area contributed by atoms with Crippen LogP contribution in [0.2, 0.25) is 0 Å². The van der Waals surface area contributed by atoms with Crippen LogP contribution in [-0.2, 0) is 0 Å². The van der Waals surface area contributed by atoms with Gasteiger partial charge in [0.2, 0.25) is 5.88 Å². The van der Waals surface area contributed by atoms with Gasteiger partial charge in [0.05, 0.1) is 13.1 Å². The monoisotopic (exact) mass is 255 g/mol. The first-order valence-corrected chi connectivity index (χ1v) is 6.10. The van der Waals surface area contributed by atoms with Gasteiger partial charge in [0.15, 0.2) is 0 Å². The highest BCUT2D eigenvalue weighted by atomic mass is 16.5. The predicted octanol–water partition coefficient (Wildman–Crippen LogP) is 1.38. The summed E-state index contributed by atoms with van der Waals surface area (Å²) >= 11 is 0. The van der Waals surface area contributed by atoms with Gasteiger partial charge in [0, 0.05) is 30.2 Å². The van der Waals surface area contributed by atoms with Crippen molar-refractivity contribution in [3.05, 3.63) is 54.5 Å². The van der Waals surface area contributed by atoms with Gasteiger partial charge >= 0.3 is 0 Å². The zero-order valence-corrected chi connectivity index (χ0v) is 10.3. The molecule has 0 N–H and O–H groups in total. The van der Waals surface area contributed by atoms with E-state index in [0.29, 0.717) is 24.5 Å². The molecule has 0 bridgehead atoms. The second kappa shape index (κ2) is 5.06.